The molecule has 112 valence electrons. The number of aryl methyl sites for hydroxylation is 1. The molecule has 2 aliphatic carbocycles. The number of benzene rings is 2. The summed E-state index contributed by atoms with van der Waals surface area (Å²) in [4.78, 5) is 12.4. The smallest absolute Gasteiger partial charge is 0.343 e. The quantitative estimate of drug-likeness (QED) is 0.607. The lowest BCUT2D eigenvalue weighted by atomic mass is 9.86. The minimum Gasteiger partial charge on any atom is -0.423 e. The van der Waals surface area contributed by atoms with E-state index in [0.29, 0.717) is 11.5 Å². The second-order valence-corrected chi connectivity index (χ2v) is 6.35. The Morgan fingerprint density at radius 1 is 0.955 bits per heavy atom. The van der Waals surface area contributed by atoms with Gasteiger partial charge in [-0.15, -0.1) is 0 Å². The molecule has 0 aliphatic heterocycles. The van der Waals surface area contributed by atoms with Crippen molar-refractivity contribution in [3.8, 4) is 5.75 Å². The topological polar surface area (TPSA) is 26.3 Å². The van der Waals surface area contributed by atoms with E-state index in [1.807, 2.05) is 24.3 Å². The zero-order valence-electron chi connectivity index (χ0n) is 12.7. The highest BCUT2D eigenvalue weighted by molar-refractivity contribution is 5.91. The van der Waals surface area contributed by atoms with Gasteiger partial charge in [0.15, 0.2) is 0 Å². The molecule has 4 rings (SSSR count). The van der Waals surface area contributed by atoms with Crippen LogP contribution in [0, 0.1) is 0 Å². The van der Waals surface area contributed by atoms with Crippen LogP contribution in [0.3, 0.4) is 0 Å². The van der Waals surface area contributed by atoms with Gasteiger partial charge in [-0.2, -0.15) is 0 Å². The van der Waals surface area contributed by atoms with Gasteiger partial charge in [-0.1, -0.05) is 24.3 Å². The molecule has 2 aromatic carbocycles. The Kier molecular flexibility index (Phi) is 3.45. The first-order valence-corrected chi connectivity index (χ1v) is 8.25. The minimum absolute atomic E-state index is 0.252. The summed E-state index contributed by atoms with van der Waals surface area (Å²) in [7, 11) is 0. The summed E-state index contributed by atoms with van der Waals surface area (Å²) in [6, 6.07) is 13.4. The van der Waals surface area contributed by atoms with E-state index in [4.69, 9.17) is 4.74 Å². The summed E-state index contributed by atoms with van der Waals surface area (Å²) in [5.41, 5.74) is 4.86. The fourth-order valence-corrected chi connectivity index (χ4v) is 3.48. The number of rotatable bonds is 3. The molecule has 0 spiro atoms. The van der Waals surface area contributed by atoms with Crippen LogP contribution in [-0.4, -0.2) is 5.97 Å². The zero-order chi connectivity index (χ0) is 14.9. The number of fused-ring (bicyclic) bond motifs is 1. The summed E-state index contributed by atoms with van der Waals surface area (Å²) < 4.78 is 5.76. The number of esters is 1. The van der Waals surface area contributed by atoms with Gasteiger partial charge in [0, 0.05) is 5.56 Å². The standard InChI is InChI=1S/C20H20O2/c21-20(16-7-2-1-3-8-16)22-18-13-12-14-6-4-5-9-17(14)19(18)15-10-11-15/h1-3,7-8,12-13,15H,4-6,9-11H2. The van der Waals surface area contributed by atoms with Crippen molar-refractivity contribution in [2.75, 3.05) is 0 Å². The number of hydrogen-bond donors (Lipinski definition) is 0. The summed E-state index contributed by atoms with van der Waals surface area (Å²) in [6.45, 7) is 0. The fraction of sp³-hybridized carbons (Fsp3) is 0.350. The van der Waals surface area contributed by atoms with E-state index in [9.17, 15) is 4.79 Å². The number of carbonyl (C=O) groups excluding carboxylic acids is 1. The molecular formula is C20H20O2. The number of hydrogen-bond acceptors (Lipinski definition) is 2. The molecule has 0 radical (unpaired) electrons. The Balaban J connectivity index is 1.68. The molecule has 0 aromatic heterocycles. The van der Waals surface area contributed by atoms with Crippen LogP contribution in [0.5, 0.6) is 5.75 Å². The molecule has 22 heavy (non-hydrogen) atoms. The van der Waals surface area contributed by atoms with Crippen molar-refractivity contribution in [1.82, 2.24) is 0 Å². The largest absolute Gasteiger partial charge is 0.423 e. The van der Waals surface area contributed by atoms with Crippen LogP contribution in [0.15, 0.2) is 42.5 Å². The molecule has 2 nitrogen and oxygen atoms in total. The first-order valence-electron chi connectivity index (χ1n) is 8.25. The second kappa shape index (κ2) is 5.60. The van der Waals surface area contributed by atoms with Crippen molar-refractivity contribution in [3.05, 3.63) is 64.7 Å². The molecule has 2 aromatic rings. The van der Waals surface area contributed by atoms with Gasteiger partial charge in [-0.05, 0) is 73.8 Å². The zero-order valence-corrected chi connectivity index (χ0v) is 12.7. The normalized spacial score (nSPS) is 16.9. The summed E-state index contributed by atoms with van der Waals surface area (Å²) in [5, 5.41) is 0. The second-order valence-electron chi connectivity index (χ2n) is 6.35. The van der Waals surface area contributed by atoms with Gasteiger partial charge in [-0.25, -0.2) is 4.79 Å². The molecule has 0 saturated heterocycles. The Bertz CT molecular complexity index is 699. The monoisotopic (exact) mass is 292 g/mol. The minimum atomic E-state index is -0.252. The lowest BCUT2D eigenvalue weighted by Gasteiger charge is -2.22. The molecule has 0 amide bonds. The van der Waals surface area contributed by atoms with Crippen LogP contribution in [0.2, 0.25) is 0 Å². The molecular weight excluding hydrogens is 272 g/mol. The third-order valence-corrected chi connectivity index (χ3v) is 4.73. The molecule has 2 heteroatoms. The van der Waals surface area contributed by atoms with E-state index in [-0.39, 0.29) is 5.97 Å². The number of ether oxygens (including phenoxy) is 1. The van der Waals surface area contributed by atoms with E-state index in [1.165, 1.54) is 48.8 Å². The van der Waals surface area contributed by atoms with E-state index in [0.717, 1.165) is 12.2 Å². The Hall–Kier alpha value is -2.09. The molecule has 1 fully saturated rings. The maximum atomic E-state index is 12.4. The van der Waals surface area contributed by atoms with Crippen LogP contribution in [0.25, 0.3) is 0 Å². The van der Waals surface area contributed by atoms with Crippen LogP contribution in [0.1, 0.15) is 58.6 Å². The average Bonchev–Trinajstić information content (AvgIpc) is 3.40. The highest BCUT2D eigenvalue weighted by Gasteiger charge is 2.32. The van der Waals surface area contributed by atoms with E-state index in [1.54, 1.807) is 12.1 Å². The molecule has 0 N–H and O–H groups in total. The number of carbonyl (C=O) groups is 1. The van der Waals surface area contributed by atoms with E-state index >= 15 is 0 Å². The predicted octanol–water partition coefficient (Wildman–Crippen LogP) is 4.66. The summed E-state index contributed by atoms with van der Waals surface area (Å²) in [6.07, 6.45) is 7.29. The van der Waals surface area contributed by atoms with E-state index < -0.39 is 0 Å². The van der Waals surface area contributed by atoms with Gasteiger partial charge in [0.05, 0.1) is 5.56 Å². The van der Waals surface area contributed by atoms with Gasteiger partial charge in [0.25, 0.3) is 0 Å². The van der Waals surface area contributed by atoms with Crippen LogP contribution >= 0.6 is 0 Å². The average molecular weight is 292 g/mol. The Morgan fingerprint density at radius 3 is 2.50 bits per heavy atom. The highest BCUT2D eigenvalue weighted by atomic mass is 16.5. The SMILES string of the molecule is O=C(Oc1ccc2c(c1C1CC1)CCCC2)c1ccccc1. The van der Waals surface area contributed by atoms with Crippen LogP contribution in [0.4, 0.5) is 0 Å². The van der Waals surface area contributed by atoms with Crippen molar-refractivity contribution < 1.29 is 9.53 Å². The van der Waals surface area contributed by atoms with Gasteiger partial charge in [-0.3, -0.25) is 0 Å². The molecule has 2 aliphatic rings. The van der Waals surface area contributed by atoms with E-state index in [2.05, 4.69) is 6.07 Å². The van der Waals surface area contributed by atoms with Crippen LogP contribution in [-0.2, 0) is 12.8 Å². The first-order chi connectivity index (χ1) is 10.8. The summed E-state index contributed by atoms with van der Waals surface area (Å²) >= 11 is 0. The lowest BCUT2D eigenvalue weighted by Crippen LogP contribution is -2.13. The fourth-order valence-electron chi connectivity index (χ4n) is 3.48. The van der Waals surface area contributed by atoms with Crippen molar-refractivity contribution in [2.45, 2.75) is 44.4 Å². The van der Waals surface area contributed by atoms with Gasteiger partial charge < -0.3 is 4.74 Å². The molecule has 0 atom stereocenters. The van der Waals surface area contributed by atoms with Gasteiger partial charge in [0.1, 0.15) is 5.75 Å². The highest BCUT2D eigenvalue weighted by Crippen LogP contribution is 2.48. The van der Waals surface area contributed by atoms with Crippen molar-refractivity contribution in [2.24, 2.45) is 0 Å². The summed E-state index contributed by atoms with van der Waals surface area (Å²) in [5.74, 6) is 1.14. The molecule has 0 heterocycles. The maximum Gasteiger partial charge on any atom is 0.343 e. The lowest BCUT2D eigenvalue weighted by molar-refractivity contribution is 0.0733. The predicted molar refractivity (Wildman–Crippen MR) is 86.5 cm³/mol. The van der Waals surface area contributed by atoms with Crippen molar-refractivity contribution in [3.63, 3.8) is 0 Å². The first kappa shape index (κ1) is 13.6. The Morgan fingerprint density at radius 2 is 1.73 bits per heavy atom. The van der Waals surface area contributed by atoms with Gasteiger partial charge >= 0.3 is 5.97 Å². The maximum absolute atomic E-state index is 12.4. The van der Waals surface area contributed by atoms with Gasteiger partial charge in [0.2, 0.25) is 0 Å². The third kappa shape index (κ3) is 2.54. The van der Waals surface area contributed by atoms with Crippen molar-refractivity contribution >= 4 is 5.97 Å². The molecule has 0 bridgehead atoms. The molecule has 0 unspecified atom stereocenters. The third-order valence-electron chi connectivity index (χ3n) is 4.73. The Labute approximate surface area is 131 Å². The van der Waals surface area contributed by atoms with Crippen molar-refractivity contribution in [1.29, 1.82) is 0 Å². The molecule has 1 saturated carbocycles. The van der Waals surface area contributed by atoms with Crippen LogP contribution < -0.4 is 4.74 Å².